The summed E-state index contributed by atoms with van der Waals surface area (Å²) in [4.78, 5) is 41.9. The fourth-order valence-corrected chi connectivity index (χ4v) is 3.66. The average Bonchev–Trinajstić information content (AvgIpc) is 3.16. The van der Waals surface area contributed by atoms with Crippen molar-refractivity contribution in [3.63, 3.8) is 0 Å². The van der Waals surface area contributed by atoms with Crippen LogP contribution in [0.4, 0.5) is 13.2 Å². The maximum atomic E-state index is 12.8. The molecule has 0 N–H and O–H groups in total. The lowest BCUT2D eigenvalue weighted by molar-refractivity contribution is -0.154. The minimum Gasteiger partial charge on any atom is -0.479 e. The van der Waals surface area contributed by atoms with Gasteiger partial charge >= 0.3 is 6.18 Å². The summed E-state index contributed by atoms with van der Waals surface area (Å²) in [6.45, 7) is 4.18. The molecule has 2 fully saturated rings. The first-order valence-electron chi connectivity index (χ1n) is 11.3. The van der Waals surface area contributed by atoms with Crippen LogP contribution in [-0.4, -0.2) is 103 Å². The van der Waals surface area contributed by atoms with Crippen LogP contribution < -0.4 is 9.47 Å². The lowest BCUT2D eigenvalue weighted by Crippen LogP contribution is -2.50. The number of aliphatic imine (C=N–C) groups is 2. The molecule has 196 valence electrons. The molecular formula is C23H29F3N6O4. The second kappa shape index (κ2) is 11.4. The zero-order chi connectivity index (χ0) is 26.5. The molecule has 36 heavy (non-hydrogen) atoms. The quantitative estimate of drug-likeness (QED) is 0.392. The summed E-state index contributed by atoms with van der Waals surface area (Å²) in [5, 5.41) is 0. The monoisotopic (exact) mass is 510 g/mol. The molecular weight excluding hydrogens is 481 g/mol. The molecule has 3 heterocycles. The van der Waals surface area contributed by atoms with E-state index in [2.05, 4.69) is 26.3 Å². The Morgan fingerprint density at radius 2 is 2.06 bits per heavy atom. The van der Waals surface area contributed by atoms with Crippen molar-refractivity contribution in [2.24, 2.45) is 15.9 Å². The van der Waals surface area contributed by atoms with Crippen LogP contribution in [0.1, 0.15) is 12.8 Å². The third kappa shape index (κ3) is 7.18. The Bertz CT molecular complexity index is 1020. The fraction of sp³-hybridized carbons (Fsp3) is 0.522. The maximum Gasteiger partial charge on any atom is 0.422 e. The zero-order valence-electron chi connectivity index (χ0n) is 20.4. The Hall–Kier alpha value is -3.64. The van der Waals surface area contributed by atoms with E-state index in [1.807, 2.05) is 4.90 Å². The smallest absolute Gasteiger partial charge is 0.422 e. The molecule has 10 nitrogen and oxygen atoms in total. The van der Waals surface area contributed by atoms with E-state index in [-0.39, 0.29) is 29.4 Å². The van der Waals surface area contributed by atoms with Gasteiger partial charge in [-0.2, -0.15) is 13.2 Å². The highest BCUT2D eigenvalue weighted by Gasteiger charge is 2.35. The van der Waals surface area contributed by atoms with E-state index >= 15 is 0 Å². The van der Waals surface area contributed by atoms with Gasteiger partial charge in [0.05, 0.1) is 18.1 Å². The van der Waals surface area contributed by atoms with Crippen molar-refractivity contribution >= 4 is 24.0 Å². The first-order chi connectivity index (χ1) is 17.0. The number of amides is 2. The normalized spacial score (nSPS) is 19.0. The van der Waals surface area contributed by atoms with Crippen molar-refractivity contribution in [3.05, 3.63) is 30.6 Å². The molecule has 2 amide bonds. The van der Waals surface area contributed by atoms with E-state index in [0.29, 0.717) is 44.1 Å². The number of ether oxygens (including phenoxy) is 2. The van der Waals surface area contributed by atoms with Crippen LogP contribution >= 0.6 is 0 Å². The molecule has 2 saturated heterocycles. The predicted molar refractivity (Wildman–Crippen MR) is 126 cm³/mol. The Balaban J connectivity index is 1.48. The molecule has 0 saturated carbocycles. The molecule has 0 bridgehead atoms. The molecule has 0 aliphatic carbocycles. The topological polar surface area (TPSA) is 99.9 Å². The second-order valence-electron chi connectivity index (χ2n) is 8.66. The van der Waals surface area contributed by atoms with Crippen LogP contribution in [0, 0.1) is 5.92 Å². The molecule has 2 aliphatic rings. The second-order valence-corrected chi connectivity index (χ2v) is 8.66. The maximum absolute atomic E-state index is 12.8. The Labute approximate surface area is 207 Å². The minimum atomic E-state index is -4.46. The van der Waals surface area contributed by atoms with Crippen LogP contribution in [0.5, 0.6) is 11.6 Å². The van der Waals surface area contributed by atoms with Crippen molar-refractivity contribution in [1.82, 2.24) is 19.7 Å². The molecule has 0 unspecified atom stereocenters. The van der Waals surface area contributed by atoms with Crippen LogP contribution in [0.3, 0.4) is 0 Å². The van der Waals surface area contributed by atoms with Crippen molar-refractivity contribution in [1.29, 1.82) is 0 Å². The molecule has 0 aromatic carbocycles. The predicted octanol–water partition coefficient (Wildman–Crippen LogP) is 1.98. The van der Waals surface area contributed by atoms with Crippen LogP contribution in [0.2, 0.25) is 0 Å². The summed E-state index contributed by atoms with van der Waals surface area (Å²) in [6, 6.07) is 2.63. The number of likely N-dealkylation sites (tertiary alicyclic amines) is 2. The van der Waals surface area contributed by atoms with Crippen molar-refractivity contribution in [2.45, 2.75) is 25.1 Å². The number of rotatable bonds is 8. The number of halogens is 3. The number of alkyl halides is 3. The van der Waals surface area contributed by atoms with Crippen LogP contribution in [-0.2, 0) is 9.59 Å². The number of aromatic nitrogens is 1. The Morgan fingerprint density at radius 1 is 1.33 bits per heavy atom. The highest BCUT2D eigenvalue weighted by molar-refractivity contribution is 5.97. The van der Waals surface area contributed by atoms with Crippen molar-refractivity contribution < 1.29 is 32.2 Å². The lowest BCUT2D eigenvalue weighted by atomic mass is 9.96. The highest BCUT2D eigenvalue weighted by Crippen LogP contribution is 2.24. The number of allylic oxidation sites excluding steroid dienone is 1. The van der Waals surface area contributed by atoms with Crippen LogP contribution in [0.15, 0.2) is 40.6 Å². The molecule has 13 heteroatoms. The number of hydrogen-bond acceptors (Lipinski definition) is 6. The summed E-state index contributed by atoms with van der Waals surface area (Å²) >= 11 is 0. The Morgan fingerprint density at radius 3 is 2.64 bits per heavy atom. The van der Waals surface area contributed by atoms with Crippen molar-refractivity contribution in [2.75, 3.05) is 47.4 Å². The van der Waals surface area contributed by atoms with E-state index in [1.165, 1.54) is 29.4 Å². The third-order valence-electron chi connectivity index (χ3n) is 5.61. The SMILES string of the molecule is C=C(C=NC(=NC)N1CC(CC(=O)N(C)C)C1)N1CC[C@@H](Oc2ccc(OCC(F)(F)F)nc2)C1=O. The van der Waals surface area contributed by atoms with Gasteiger partial charge in [0.2, 0.25) is 17.7 Å². The highest BCUT2D eigenvalue weighted by atomic mass is 19.4. The summed E-state index contributed by atoms with van der Waals surface area (Å²) in [5.74, 6) is 0.530. The number of pyridine rings is 1. The number of carbonyl (C=O) groups is 2. The standard InChI is InChI=1S/C23H29F3N6O4/c1-15(10-29-22(27-2)31-12-16(13-31)9-20(33)30(3)4)32-8-7-18(21(32)34)36-17-5-6-19(28-11-17)35-14-23(24,25)26/h5-6,10-11,16,18H,1,7-9,12-14H2,2-4H3/t18-/m1/s1. The minimum absolute atomic E-state index is 0.0809. The lowest BCUT2D eigenvalue weighted by Gasteiger charge is -2.39. The number of hydrogen-bond donors (Lipinski definition) is 0. The largest absolute Gasteiger partial charge is 0.479 e. The molecule has 1 aromatic heterocycles. The van der Waals surface area contributed by atoms with Crippen molar-refractivity contribution in [3.8, 4) is 11.6 Å². The van der Waals surface area contributed by atoms with Gasteiger partial charge in [0.25, 0.3) is 5.91 Å². The van der Waals surface area contributed by atoms with Gasteiger partial charge in [-0.3, -0.25) is 14.6 Å². The third-order valence-corrected chi connectivity index (χ3v) is 5.61. The van der Waals surface area contributed by atoms with Gasteiger partial charge in [-0.25, -0.2) is 9.98 Å². The first kappa shape index (κ1) is 27.0. The van der Waals surface area contributed by atoms with Gasteiger partial charge in [0.15, 0.2) is 12.7 Å². The fourth-order valence-electron chi connectivity index (χ4n) is 3.66. The summed E-state index contributed by atoms with van der Waals surface area (Å²) < 4.78 is 46.9. The zero-order valence-corrected chi connectivity index (χ0v) is 20.4. The molecule has 0 spiro atoms. The van der Waals surface area contributed by atoms with Gasteiger partial charge in [0, 0.05) is 65.6 Å². The van der Waals surface area contributed by atoms with Gasteiger partial charge in [-0.15, -0.1) is 0 Å². The molecule has 1 atom stereocenters. The number of nitrogens with zero attached hydrogens (tertiary/aromatic N) is 6. The molecule has 3 rings (SSSR count). The van der Waals surface area contributed by atoms with Gasteiger partial charge in [0.1, 0.15) is 5.75 Å². The van der Waals surface area contributed by atoms with E-state index in [4.69, 9.17) is 4.74 Å². The van der Waals surface area contributed by atoms with Gasteiger partial charge < -0.3 is 24.2 Å². The summed E-state index contributed by atoms with van der Waals surface area (Å²) in [5.41, 5.74) is 0.376. The van der Waals surface area contributed by atoms with E-state index in [1.54, 1.807) is 26.0 Å². The molecule has 1 aromatic rings. The summed E-state index contributed by atoms with van der Waals surface area (Å²) in [7, 11) is 5.08. The number of carbonyl (C=O) groups excluding carboxylic acids is 2. The van der Waals surface area contributed by atoms with Gasteiger partial charge in [-0.1, -0.05) is 6.58 Å². The summed E-state index contributed by atoms with van der Waals surface area (Å²) in [6.07, 6.45) is -1.72. The molecule has 2 aliphatic heterocycles. The van der Waals surface area contributed by atoms with E-state index in [0.717, 1.165) is 0 Å². The van der Waals surface area contributed by atoms with Gasteiger partial charge in [-0.05, 0) is 6.07 Å². The van der Waals surface area contributed by atoms with E-state index < -0.39 is 18.9 Å². The Kier molecular flexibility index (Phi) is 8.53. The average molecular weight is 511 g/mol. The van der Waals surface area contributed by atoms with E-state index in [9.17, 15) is 22.8 Å². The molecule has 0 radical (unpaired) electrons. The number of guanidine groups is 1. The first-order valence-corrected chi connectivity index (χ1v) is 11.3. The van der Waals surface area contributed by atoms with Crippen LogP contribution in [0.25, 0.3) is 0 Å².